The van der Waals surface area contributed by atoms with Crippen molar-refractivity contribution in [3.63, 3.8) is 0 Å². The van der Waals surface area contributed by atoms with Gasteiger partial charge in [-0.2, -0.15) is 0 Å². The lowest BCUT2D eigenvalue weighted by molar-refractivity contribution is -0.384. The number of ether oxygens (including phenoxy) is 1. The highest BCUT2D eigenvalue weighted by atomic mass is 35.5. The number of carbonyl (C=O) groups is 1. The quantitative estimate of drug-likeness (QED) is 0.589. The van der Waals surface area contributed by atoms with Crippen LogP contribution in [0.3, 0.4) is 0 Å². The Bertz CT molecular complexity index is 831. The summed E-state index contributed by atoms with van der Waals surface area (Å²) in [5.41, 5.74) is 1.83. The van der Waals surface area contributed by atoms with Crippen LogP contribution in [0.4, 0.5) is 5.69 Å². The number of rotatable bonds is 6. The Morgan fingerprint density at radius 3 is 2.82 bits per heavy atom. The van der Waals surface area contributed by atoms with Gasteiger partial charge in [-0.3, -0.25) is 14.9 Å². The highest BCUT2D eigenvalue weighted by molar-refractivity contribution is 5.85. The van der Waals surface area contributed by atoms with Crippen LogP contribution in [0.1, 0.15) is 23.6 Å². The number of benzene rings is 2. The molecule has 1 heterocycles. The fourth-order valence-corrected chi connectivity index (χ4v) is 3.44. The first-order chi connectivity index (χ1) is 13.1. The Labute approximate surface area is 170 Å². The highest BCUT2D eigenvalue weighted by Gasteiger charge is 2.29. The van der Waals surface area contributed by atoms with Crippen LogP contribution in [0.15, 0.2) is 48.5 Å². The largest absolute Gasteiger partial charge is 0.496 e. The predicted molar refractivity (Wildman–Crippen MR) is 109 cm³/mol. The zero-order valence-corrected chi connectivity index (χ0v) is 16.5. The minimum atomic E-state index is -0.417. The van der Waals surface area contributed by atoms with E-state index in [1.807, 2.05) is 35.2 Å². The van der Waals surface area contributed by atoms with Crippen LogP contribution in [0, 0.1) is 10.1 Å². The number of non-ortho nitro benzene ring substituents is 1. The van der Waals surface area contributed by atoms with E-state index in [0.29, 0.717) is 25.9 Å². The number of halogens is 1. The van der Waals surface area contributed by atoms with Crippen molar-refractivity contribution in [2.24, 2.45) is 0 Å². The van der Waals surface area contributed by atoms with Crippen molar-refractivity contribution < 1.29 is 14.5 Å². The fraction of sp³-hybridized carbons (Fsp3) is 0.350. The molecule has 1 aliphatic rings. The summed E-state index contributed by atoms with van der Waals surface area (Å²) >= 11 is 0. The van der Waals surface area contributed by atoms with Crippen LogP contribution in [0.2, 0.25) is 0 Å². The number of nitro groups is 1. The Balaban J connectivity index is 0.00000280. The highest BCUT2D eigenvalue weighted by Crippen LogP contribution is 2.30. The summed E-state index contributed by atoms with van der Waals surface area (Å²) in [4.78, 5) is 25.3. The average molecular weight is 406 g/mol. The van der Waals surface area contributed by atoms with Gasteiger partial charge in [-0.15, -0.1) is 12.4 Å². The number of hydrogen-bond donors (Lipinski definition) is 1. The van der Waals surface area contributed by atoms with E-state index in [4.69, 9.17) is 4.74 Å². The number of hydrogen-bond acceptors (Lipinski definition) is 5. The molecule has 8 heteroatoms. The van der Waals surface area contributed by atoms with E-state index in [9.17, 15) is 14.9 Å². The monoisotopic (exact) mass is 405 g/mol. The Kier molecular flexibility index (Phi) is 7.78. The summed E-state index contributed by atoms with van der Waals surface area (Å²) in [6.45, 7) is 2.04. The molecule has 28 heavy (non-hydrogen) atoms. The first-order valence-corrected chi connectivity index (χ1v) is 8.96. The number of amides is 1. The molecule has 7 nitrogen and oxygen atoms in total. The van der Waals surface area contributed by atoms with Crippen molar-refractivity contribution in [3.05, 3.63) is 69.8 Å². The van der Waals surface area contributed by atoms with Gasteiger partial charge < -0.3 is 15.0 Å². The average Bonchev–Trinajstić information content (AvgIpc) is 2.72. The molecule has 2 aromatic rings. The zero-order valence-electron chi connectivity index (χ0n) is 15.7. The van der Waals surface area contributed by atoms with Gasteiger partial charge in [0.15, 0.2) is 0 Å². The molecule has 0 spiro atoms. The lowest BCUT2D eigenvalue weighted by Gasteiger charge is -2.37. The van der Waals surface area contributed by atoms with Crippen molar-refractivity contribution in [3.8, 4) is 5.75 Å². The summed E-state index contributed by atoms with van der Waals surface area (Å²) in [6.07, 6.45) is 0.788. The molecule has 0 saturated carbocycles. The van der Waals surface area contributed by atoms with Crippen LogP contribution in [0.25, 0.3) is 0 Å². The number of nitrogens with one attached hydrogen (secondary N) is 1. The maximum Gasteiger partial charge on any atom is 0.269 e. The molecule has 1 atom stereocenters. The third-order valence-electron chi connectivity index (χ3n) is 4.81. The zero-order chi connectivity index (χ0) is 19.2. The summed E-state index contributed by atoms with van der Waals surface area (Å²) in [5, 5.41) is 14.2. The van der Waals surface area contributed by atoms with Crippen molar-refractivity contribution in [1.29, 1.82) is 0 Å². The second-order valence-electron chi connectivity index (χ2n) is 6.48. The summed E-state index contributed by atoms with van der Waals surface area (Å²) in [6, 6.07) is 14.1. The van der Waals surface area contributed by atoms with Crippen LogP contribution in [-0.2, 0) is 11.2 Å². The van der Waals surface area contributed by atoms with Gasteiger partial charge in [0, 0.05) is 43.8 Å². The summed E-state index contributed by atoms with van der Waals surface area (Å²) < 4.78 is 5.46. The van der Waals surface area contributed by atoms with Gasteiger partial charge in [0.2, 0.25) is 5.91 Å². The number of piperazine rings is 1. The fourth-order valence-electron chi connectivity index (χ4n) is 3.44. The van der Waals surface area contributed by atoms with E-state index in [0.717, 1.165) is 23.4 Å². The minimum absolute atomic E-state index is 0. The van der Waals surface area contributed by atoms with Crippen molar-refractivity contribution >= 4 is 24.0 Å². The van der Waals surface area contributed by atoms with E-state index in [1.165, 1.54) is 12.1 Å². The van der Waals surface area contributed by atoms with Gasteiger partial charge in [-0.25, -0.2) is 0 Å². The van der Waals surface area contributed by atoms with Gasteiger partial charge in [-0.1, -0.05) is 30.3 Å². The van der Waals surface area contributed by atoms with Gasteiger partial charge in [0.25, 0.3) is 5.69 Å². The Morgan fingerprint density at radius 2 is 2.07 bits per heavy atom. The molecular weight excluding hydrogens is 382 g/mol. The van der Waals surface area contributed by atoms with E-state index in [1.54, 1.807) is 13.2 Å². The van der Waals surface area contributed by atoms with Crippen LogP contribution in [0.5, 0.6) is 5.75 Å². The van der Waals surface area contributed by atoms with E-state index >= 15 is 0 Å². The van der Waals surface area contributed by atoms with Gasteiger partial charge >= 0.3 is 0 Å². The molecular formula is C20H24ClN3O4. The molecule has 3 rings (SSSR count). The normalized spacial score (nSPS) is 16.2. The SMILES string of the molecule is COc1ccccc1C1CNCCN1C(=O)CCc1cccc([N+](=O)[O-])c1.Cl. The summed E-state index contributed by atoms with van der Waals surface area (Å²) in [5.74, 6) is 0.807. The second-order valence-corrected chi connectivity index (χ2v) is 6.48. The molecule has 2 aromatic carbocycles. The molecule has 1 fully saturated rings. The second kappa shape index (κ2) is 10.1. The minimum Gasteiger partial charge on any atom is -0.496 e. The van der Waals surface area contributed by atoms with Crippen molar-refractivity contribution in [1.82, 2.24) is 10.2 Å². The third kappa shape index (κ3) is 4.99. The molecule has 1 aliphatic heterocycles. The maximum absolute atomic E-state index is 12.9. The molecule has 1 saturated heterocycles. The molecule has 0 radical (unpaired) electrons. The van der Waals surface area contributed by atoms with E-state index < -0.39 is 4.92 Å². The lowest BCUT2D eigenvalue weighted by Crippen LogP contribution is -2.48. The molecule has 0 bridgehead atoms. The number of nitrogens with zero attached hydrogens (tertiary/aromatic N) is 2. The molecule has 0 aromatic heterocycles. The summed E-state index contributed by atoms with van der Waals surface area (Å²) in [7, 11) is 1.63. The maximum atomic E-state index is 12.9. The molecule has 150 valence electrons. The van der Waals surface area contributed by atoms with E-state index in [2.05, 4.69) is 5.32 Å². The third-order valence-corrected chi connectivity index (χ3v) is 4.81. The number of aryl methyl sites for hydroxylation is 1. The standard InChI is InChI=1S/C20H23N3O4.ClH/c1-27-19-8-3-2-7-17(19)18-14-21-11-12-22(18)20(24)10-9-15-5-4-6-16(13-15)23(25)26;/h2-8,13,18,21H,9-12,14H2,1H3;1H. The van der Waals surface area contributed by atoms with Crippen LogP contribution >= 0.6 is 12.4 Å². The number of methoxy groups -OCH3 is 1. The number of para-hydroxylation sites is 1. The molecule has 0 aliphatic carbocycles. The first-order valence-electron chi connectivity index (χ1n) is 8.96. The van der Waals surface area contributed by atoms with Crippen LogP contribution < -0.4 is 10.1 Å². The number of nitro benzene ring substituents is 1. The van der Waals surface area contributed by atoms with Gasteiger partial charge in [0.1, 0.15) is 5.75 Å². The molecule has 1 amide bonds. The van der Waals surface area contributed by atoms with Gasteiger partial charge in [-0.05, 0) is 18.1 Å². The van der Waals surface area contributed by atoms with Crippen LogP contribution in [-0.4, -0.2) is 42.5 Å². The van der Waals surface area contributed by atoms with E-state index in [-0.39, 0.29) is 30.0 Å². The van der Waals surface area contributed by atoms with Crippen molar-refractivity contribution in [2.75, 3.05) is 26.7 Å². The Morgan fingerprint density at radius 1 is 1.29 bits per heavy atom. The predicted octanol–water partition coefficient (Wildman–Crippen LogP) is 3.13. The number of carbonyl (C=O) groups excluding carboxylic acids is 1. The van der Waals surface area contributed by atoms with Crippen molar-refractivity contribution in [2.45, 2.75) is 18.9 Å². The topological polar surface area (TPSA) is 84.7 Å². The smallest absolute Gasteiger partial charge is 0.269 e. The Hall–Kier alpha value is -2.64. The lowest BCUT2D eigenvalue weighted by atomic mass is 10.0. The molecule has 1 N–H and O–H groups in total. The molecule has 1 unspecified atom stereocenters. The van der Waals surface area contributed by atoms with Gasteiger partial charge in [0.05, 0.1) is 18.1 Å². The first kappa shape index (κ1) is 21.7.